The predicted molar refractivity (Wildman–Crippen MR) is 27.4 cm³/mol. The molecule has 0 aromatic carbocycles. The van der Waals surface area contributed by atoms with Crippen molar-refractivity contribution in [2.45, 2.75) is 12.6 Å². The molecule has 0 unspecified atom stereocenters. The minimum Gasteiger partial charge on any atom is -0.273 e. The van der Waals surface area contributed by atoms with E-state index in [-0.39, 0.29) is 0 Å². The SMILES string of the molecule is FC(F)c1[c]c(C(F)(F)F)[nH]n1. The van der Waals surface area contributed by atoms with Crippen molar-refractivity contribution in [1.82, 2.24) is 10.2 Å². The molecule has 0 amide bonds. The highest BCUT2D eigenvalue weighted by molar-refractivity contribution is 5.09. The third kappa shape index (κ3) is 1.72. The first-order valence-electron chi connectivity index (χ1n) is 2.74. The van der Waals surface area contributed by atoms with Crippen molar-refractivity contribution >= 4 is 0 Å². The zero-order valence-electron chi connectivity index (χ0n) is 5.41. The van der Waals surface area contributed by atoms with Gasteiger partial charge in [0.2, 0.25) is 0 Å². The van der Waals surface area contributed by atoms with Crippen LogP contribution in [0.2, 0.25) is 0 Å². The number of rotatable bonds is 1. The monoisotopic (exact) mass is 185 g/mol. The third-order valence-electron chi connectivity index (χ3n) is 1.03. The first-order chi connectivity index (χ1) is 5.41. The summed E-state index contributed by atoms with van der Waals surface area (Å²) in [5, 5.41) is 4.15. The largest absolute Gasteiger partial charge is 0.433 e. The fourth-order valence-electron chi connectivity index (χ4n) is 0.538. The average Bonchev–Trinajstić information content (AvgIpc) is 2.30. The Morgan fingerprint density at radius 1 is 1.33 bits per heavy atom. The molecule has 1 aromatic rings. The molecule has 0 fully saturated rings. The zero-order valence-corrected chi connectivity index (χ0v) is 5.41. The van der Waals surface area contributed by atoms with Gasteiger partial charge in [-0.2, -0.15) is 18.3 Å². The molecule has 1 N–H and O–H groups in total. The molecule has 0 aliphatic carbocycles. The summed E-state index contributed by atoms with van der Waals surface area (Å²) in [7, 11) is 0. The second-order valence-corrected chi connectivity index (χ2v) is 1.91. The van der Waals surface area contributed by atoms with E-state index in [0.717, 1.165) is 0 Å². The highest BCUT2D eigenvalue weighted by atomic mass is 19.4. The van der Waals surface area contributed by atoms with Crippen molar-refractivity contribution in [2.24, 2.45) is 0 Å². The van der Waals surface area contributed by atoms with E-state index in [4.69, 9.17) is 0 Å². The van der Waals surface area contributed by atoms with Crippen LogP contribution in [0, 0.1) is 6.07 Å². The molecule has 67 valence electrons. The molecule has 1 rings (SSSR count). The maximum absolute atomic E-state index is 11.7. The van der Waals surface area contributed by atoms with Crippen LogP contribution in [0.3, 0.4) is 0 Å². The lowest BCUT2D eigenvalue weighted by atomic mass is 10.3. The topological polar surface area (TPSA) is 28.7 Å². The van der Waals surface area contributed by atoms with Crippen molar-refractivity contribution in [3.05, 3.63) is 17.5 Å². The van der Waals surface area contributed by atoms with E-state index in [1.165, 1.54) is 11.2 Å². The average molecular weight is 185 g/mol. The van der Waals surface area contributed by atoms with E-state index < -0.39 is 24.0 Å². The number of nitrogens with zero attached hydrogens (tertiary/aromatic N) is 1. The number of H-pyrrole nitrogens is 1. The molecule has 12 heavy (non-hydrogen) atoms. The van der Waals surface area contributed by atoms with Gasteiger partial charge in [0.1, 0.15) is 11.4 Å². The number of alkyl halides is 5. The lowest BCUT2D eigenvalue weighted by Crippen LogP contribution is -2.05. The van der Waals surface area contributed by atoms with Crippen LogP contribution in [0.25, 0.3) is 0 Å². The van der Waals surface area contributed by atoms with E-state index in [2.05, 4.69) is 5.10 Å². The molecule has 7 heteroatoms. The lowest BCUT2D eigenvalue weighted by molar-refractivity contribution is -0.141. The molecule has 0 atom stereocenters. The van der Waals surface area contributed by atoms with E-state index in [1.807, 2.05) is 0 Å². The molecule has 1 radical (unpaired) electrons. The van der Waals surface area contributed by atoms with Crippen molar-refractivity contribution in [3.8, 4) is 0 Å². The third-order valence-corrected chi connectivity index (χ3v) is 1.03. The van der Waals surface area contributed by atoms with E-state index in [9.17, 15) is 22.0 Å². The summed E-state index contributed by atoms with van der Waals surface area (Å²) in [5.74, 6) is 0. The maximum atomic E-state index is 11.7. The Labute approximate surface area is 63.4 Å². The van der Waals surface area contributed by atoms with Crippen LogP contribution in [0.1, 0.15) is 17.8 Å². The number of hydrogen-bond donors (Lipinski definition) is 1. The second kappa shape index (κ2) is 2.72. The molecular formula is C5H2F5N2. The molecule has 0 aliphatic heterocycles. The first-order valence-corrected chi connectivity index (χ1v) is 2.74. The number of aromatic nitrogens is 2. The van der Waals surface area contributed by atoms with E-state index in [1.54, 1.807) is 0 Å². The summed E-state index contributed by atoms with van der Waals surface area (Å²) < 4.78 is 58.5. The van der Waals surface area contributed by atoms with Gasteiger partial charge in [-0.3, -0.25) is 5.10 Å². The van der Waals surface area contributed by atoms with Gasteiger partial charge in [-0.15, -0.1) is 0 Å². The van der Waals surface area contributed by atoms with Gasteiger partial charge in [-0.05, 0) is 0 Å². The van der Waals surface area contributed by atoms with Gasteiger partial charge >= 0.3 is 6.18 Å². The number of hydrogen-bond acceptors (Lipinski definition) is 1. The summed E-state index contributed by atoms with van der Waals surface area (Å²) in [6.45, 7) is 0. The molecule has 0 spiro atoms. The molecular weight excluding hydrogens is 183 g/mol. The van der Waals surface area contributed by atoms with E-state index >= 15 is 0 Å². The van der Waals surface area contributed by atoms with Gasteiger partial charge in [0.05, 0.1) is 0 Å². The summed E-state index contributed by atoms with van der Waals surface area (Å²) in [5.41, 5.74) is -2.42. The highest BCUT2D eigenvalue weighted by Gasteiger charge is 2.34. The molecule has 1 heterocycles. The Hall–Kier alpha value is -1.14. The number of aromatic amines is 1. The number of halogens is 5. The number of nitrogens with one attached hydrogen (secondary N) is 1. The zero-order chi connectivity index (χ0) is 9.35. The Morgan fingerprint density at radius 2 is 1.92 bits per heavy atom. The predicted octanol–water partition coefficient (Wildman–Crippen LogP) is 2.17. The standard InChI is InChI=1S/C5H2F5N2/c6-4(7)2-1-3(12-11-2)5(8,9)10/h4H,(H,11,12). The molecule has 2 nitrogen and oxygen atoms in total. The molecule has 0 aliphatic rings. The fraction of sp³-hybridized carbons (Fsp3) is 0.400. The minimum atomic E-state index is -4.71. The van der Waals surface area contributed by atoms with Crippen molar-refractivity contribution in [3.63, 3.8) is 0 Å². The van der Waals surface area contributed by atoms with Gasteiger partial charge in [0.25, 0.3) is 6.43 Å². The lowest BCUT2D eigenvalue weighted by Gasteiger charge is -1.99. The fourth-order valence-corrected chi connectivity index (χ4v) is 0.538. The van der Waals surface area contributed by atoms with Gasteiger partial charge in [0.15, 0.2) is 0 Å². The first kappa shape index (κ1) is 8.95. The van der Waals surface area contributed by atoms with Crippen LogP contribution in [0.5, 0.6) is 0 Å². The minimum absolute atomic E-state index is 1.03. The molecule has 0 saturated carbocycles. The smallest absolute Gasteiger partial charge is 0.273 e. The van der Waals surface area contributed by atoms with Gasteiger partial charge in [0, 0.05) is 6.07 Å². The van der Waals surface area contributed by atoms with Gasteiger partial charge in [-0.1, -0.05) is 0 Å². The molecule has 1 aromatic heterocycles. The molecule has 0 bridgehead atoms. The Kier molecular flexibility index (Phi) is 2.03. The van der Waals surface area contributed by atoms with Crippen LogP contribution < -0.4 is 0 Å². The van der Waals surface area contributed by atoms with Crippen LogP contribution in [-0.4, -0.2) is 10.2 Å². The van der Waals surface area contributed by atoms with Crippen LogP contribution in [0.15, 0.2) is 0 Å². The van der Waals surface area contributed by atoms with E-state index in [0.29, 0.717) is 0 Å². The van der Waals surface area contributed by atoms with Gasteiger partial charge < -0.3 is 0 Å². The van der Waals surface area contributed by atoms with Gasteiger partial charge in [-0.25, -0.2) is 8.78 Å². The molecule has 0 saturated heterocycles. The normalized spacial score (nSPS) is 12.5. The quantitative estimate of drug-likeness (QED) is 0.667. The summed E-state index contributed by atoms with van der Waals surface area (Å²) in [6, 6.07) is 1.41. The van der Waals surface area contributed by atoms with Crippen LogP contribution in [0.4, 0.5) is 22.0 Å². The van der Waals surface area contributed by atoms with Crippen molar-refractivity contribution in [2.75, 3.05) is 0 Å². The van der Waals surface area contributed by atoms with Crippen molar-refractivity contribution in [1.29, 1.82) is 0 Å². The van der Waals surface area contributed by atoms with Crippen molar-refractivity contribution < 1.29 is 22.0 Å². The van der Waals surface area contributed by atoms with Crippen LogP contribution in [-0.2, 0) is 6.18 Å². The summed E-state index contributed by atoms with van der Waals surface area (Å²) in [6.07, 6.45) is -7.75. The highest BCUT2D eigenvalue weighted by Crippen LogP contribution is 2.29. The maximum Gasteiger partial charge on any atom is 0.433 e. The summed E-state index contributed by atoms with van der Waals surface area (Å²) >= 11 is 0. The Morgan fingerprint density at radius 3 is 2.17 bits per heavy atom. The second-order valence-electron chi connectivity index (χ2n) is 1.91. The Balaban J connectivity index is 2.92. The van der Waals surface area contributed by atoms with Crippen LogP contribution >= 0.6 is 0 Å². The Bertz CT molecular complexity index is 263. The summed E-state index contributed by atoms with van der Waals surface area (Å²) in [4.78, 5) is 0.